The van der Waals surface area contributed by atoms with Crippen molar-refractivity contribution in [1.29, 1.82) is 0 Å². The molecule has 1 rings (SSSR count). The van der Waals surface area contributed by atoms with E-state index < -0.39 is 0 Å². The standard InChI is InChI=1S/C6H8ClNOS/c1-9-6-4-5(2-3-7)10-8-6/h4H,2-3H2,1H3. The maximum Gasteiger partial charge on any atom is 0.225 e. The smallest absolute Gasteiger partial charge is 0.225 e. The number of alkyl halides is 1. The first kappa shape index (κ1) is 7.82. The monoisotopic (exact) mass is 177 g/mol. The van der Waals surface area contributed by atoms with E-state index in [9.17, 15) is 0 Å². The van der Waals surface area contributed by atoms with Crippen LogP contribution in [0, 0.1) is 0 Å². The van der Waals surface area contributed by atoms with Crippen LogP contribution in [0.15, 0.2) is 6.07 Å². The summed E-state index contributed by atoms with van der Waals surface area (Å²) in [6.45, 7) is 0. The van der Waals surface area contributed by atoms with Crippen molar-refractivity contribution < 1.29 is 4.74 Å². The van der Waals surface area contributed by atoms with Crippen LogP contribution in [0.4, 0.5) is 0 Å². The molecule has 0 bridgehead atoms. The summed E-state index contributed by atoms with van der Waals surface area (Å²) in [5, 5.41) is 0. The predicted molar refractivity (Wildman–Crippen MR) is 43.1 cm³/mol. The van der Waals surface area contributed by atoms with E-state index in [-0.39, 0.29) is 0 Å². The van der Waals surface area contributed by atoms with Gasteiger partial charge in [-0.2, -0.15) is 4.37 Å². The fourth-order valence-electron chi connectivity index (χ4n) is 0.601. The Balaban J connectivity index is 2.59. The highest BCUT2D eigenvalue weighted by atomic mass is 35.5. The molecule has 10 heavy (non-hydrogen) atoms. The normalized spacial score (nSPS) is 9.80. The Kier molecular flexibility index (Phi) is 2.96. The zero-order valence-corrected chi connectivity index (χ0v) is 7.21. The van der Waals surface area contributed by atoms with Gasteiger partial charge in [-0.1, -0.05) is 0 Å². The highest BCUT2D eigenvalue weighted by Crippen LogP contribution is 2.16. The van der Waals surface area contributed by atoms with Crippen molar-refractivity contribution in [1.82, 2.24) is 4.37 Å². The highest BCUT2D eigenvalue weighted by molar-refractivity contribution is 7.05. The van der Waals surface area contributed by atoms with Crippen molar-refractivity contribution in [2.75, 3.05) is 13.0 Å². The molecule has 1 aromatic rings. The number of ether oxygens (including phenoxy) is 1. The van der Waals surface area contributed by atoms with Gasteiger partial charge in [-0.05, 0) is 18.0 Å². The number of nitrogens with zero attached hydrogens (tertiary/aromatic N) is 1. The average molecular weight is 178 g/mol. The van der Waals surface area contributed by atoms with Gasteiger partial charge in [0.05, 0.1) is 7.11 Å². The summed E-state index contributed by atoms with van der Waals surface area (Å²) < 4.78 is 8.91. The molecule has 56 valence electrons. The van der Waals surface area contributed by atoms with Crippen molar-refractivity contribution >= 4 is 23.1 Å². The van der Waals surface area contributed by atoms with Gasteiger partial charge in [0.2, 0.25) is 5.88 Å². The molecule has 0 amide bonds. The summed E-state index contributed by atoms with van der Waals surface area (Å²) in [5.41, 5.74) is 0. The maximum absolute atomic E-state index is 5.53. The van der Waals surface area contributed by atoms with Crippen LogP contribution >= 0.6 is 23.1 Å². The summed E-state index contributed by atoms with van der Waals surface area (Å²) in [4.78, 5) is 1.17. The van der Waals surface area contributed by atoms with Gasteiger partial charge in [-0.15, -0.1) is 11.6 Å². The van der Waals surface area contributed by atoms with E-state index in [1.807, 2.05) is 6.07 Å². The minimum absolute atomic E-state index is 0.644. The maximum atomic E-state index is 5.53. The number of halogens is 1. The van der Waals surface area contributed by atoms with Gasteiger partial charge in [0.15, 0.2) is 0 Å². The lowest BCUT2D eigenvalue weighted by Gasteiger charge is -1.87. The molecule has 1 heterocycles. The molecule has 2 nitrogen and oxygen atoms in total. The Hall–Kier alpha value is -0.280. The Morgan fingerprint density at radius 3 is 3.10 bits per heavy atom. The van der Waals surface area contributed by atoms with E-state index in [1.54, 1.807) is 7.11 Å². The molecule has 1 aromatic heterocycles. The lowest BCUT2D eigenvalue weighted by molar-refractivity contribution is 0.402. The van der Waals surface area contributed by atoms with Crippen LogP contribution in [-0.2, 0) is 6.42 Å². The molecule has 0 atom stereocenters. The quantitative estimate of drug-likeness (QED) is 0.659. The molecule has 0 saturated carbocycles. The first-order chi connectivity index (χ1) is 4.86. The summed E-state index contributed by atoms with van der Waals surface area (Å²) >= 11 is 6.97. The number of aromatic nitrogens is 1. The summed E-state index contributed by atoms with van der Waals surface area (Å²) in [6.07, 6.45) is 0.878. The van der Waals surface area contributed by atoms with Crippen molar-refractivity contribution in [3.8, 4) is 5.88 Å². The van der Waals surface area contributed by atoms with Crippen LogP contribution in [0.25, 0.3) is 0 Å². The molecule has 0 saturated heterocycles. The number of methoxy groups -OCH3 is 1. The van der Waals surface area contributed by atoms with E-state index >= 15 is 0 Å². The molecule has 0 unspecified atom stereocenters. The molecule has 4 heteroatoms. The Morgan fingerprint density at radius 2 is 2.60 bits per heavy atom. The Labute approximate surface area is 68.9 Å². The third-order valence-electron chi connectivity index (χ3n) is 1.09. The number of hydrogen-bond donors (Lipinski definition) is 0. The molecule has 0 aliphatic heterocycles. The van der Waals surface area contributed by atoms with Crippen LogP contribution in [0.1, 0.15) is 4.88 Å². The van der Waals surface area contributed by atoms with Crippen molar-refractivity contribution in [3.05, 3.63) is 10.9 Å². The summed E-state index contributed by atoms with van der Waals surface area (Å²) in [5.74, 6) is 1.33. The largest absolute Gasteiger partial charge is 0.480 e. The number of rotatable bonds is 3. The van der Waals surface area contributed by atoms with E-state index in [0.29, 0.717) is 11.8 Å². The van der Waals surface area contributed by atoms with E-state index in [0.717, 1.165) is 6.42 Å². The number of hydrogen-bond acceptors (Lipinski definition) is 3. The molecule has 0 fully saturated rings. The van der Waals surface area contributed by atoms with E-state index in [1.165, 1.54) is 16.4 Å². The SMILES string of the molecule is COc1cc(CCCl)sn1. The first-order valence-electron chi connectivity index (χ1n) is 2.92. The van der Waals surface area contributed by atoms with Gasteiger partial charge < -0.3 is 4.74 Å². The van der Waals surface area contributed by atoms with E-state index in [2.05, 4.69) is 4.37 Å². The molecular weight excluding hydrogens is 170 g/mol. The topological polar surface area (TPSA) is 22.1 Å². The van der Waals surface area contributed by atoms with E-state index in [4.69, 9.17) is 16.3 Å². The molecule has 0 N–H and O–H groups in total. The van der Waals surface area contributed by atoms with Gasteiger partial charge >= 0.3 is 0 Å². The fourth-order valence-corrected chi connectivity index (χ4v) is 1.60. The van der Waals surface area contributed by atoms with Crippen LogP contribution in [0.2, 0.25) is 0 Å². The lowest BCUT2D eigenvalue weighted by Crippen LogP contribution is -1.80. The summed E-state index contributed by atoms with van der Waals surface area (Å²) in [7, 11) is 1.61. The summed E-state index contributed by atoms with van der Waals surface area (Å²) in [6, 6.07) is 1.91. The van der Waals surface area contributed by atoms with Crippen LogP contribution in [0.3, 0.4) is 0 Å². The van der Waals surface area contributed by atoms with Crippen LogP contribution < -0.4 is 4.74 Å². The fraction of sp³-hybridized carbons (Fsp3) is 0.500. The Bertz CT molecular complexity index is 201. The Morgan fingerprint density at radius 1 is 1.80 bits per heavy atom. The first-order valence-corrected chi connectivity index (χ1v) is 4.23. The molecule has 0 aliphatic rings. The van der Waals surface area contributed by atoms with Gasteiger partial charge in [-0.3, -0.25) is 0 Å². The van der Waals surface area contributed by atoms with Crippen LogP contribution in [-0.4, -0.2) is 17.4 Å². The highest BCUT2D eigenvalue weighted by Gasteiger charge is 1.98. The van der Waals surface area contributed by atoms with Gasteiger partial charge in [0, 0.05) is 16.8 Å². The predicted octanol–water partition coefficient (Wildman–Crippen LogP) is 1.93. The van der Waals surface area contributed by atoms with Crippen molar-refractivity contribution in [3.63, 3.8) is 0 Å². The molecular formula is C6H8ClNOS. The second-order valence-corrected chi connectivity index (χ2v) is 3.04. The minimum atomic E-state index is 0.644. The van der Waals surface area contributed by atoms with Crippen molar-refractivity contribution in [2.45, 2.75) is 6.42 Å². The third kappa shape index (κ3) is 1.85. The molecule has 0 radical (unpaired) electrons. The third-order valence-corrected chi connectivity index (χ3v) is 2.10. The van der Waals surface area contributed by atoms with Gasteiger partial charge in [0.25, 0.3) is 0 Å². The second-order valence-electron chi connectivity index (χ2n) is 1.77. The van der Waals surface area contributed by atoms with Gasteiger partial charge in [-0.25, -0.2) is 0 Å². The van der Waals surface area contributed by atoms with Gasteiger partial charge in [0.1, 0.15) is 0 Å². The molecule has 0 spiro atoms. The molecule has 0 aromatic carbocycles. The average Bonchev–Trinajstić information content (AvgIpc) is 2.37. The van der Waals surface area contributed by atoms with Crippen molar-refractivity contribution in [2.24, 2.45) is 0 Å². The molecule has 0 aliphatic carbocycles. The lowest BCUT2D eigenvalue weighted by atomic mass is 10.4. The zero-order chi connectivity index (χ0) is 7.40. The second kappa shape index (κ2) is 3.78. The zero-order valence-electron chi connectivity index (χ0n) is 5.63. The minimum Gasteiger partial charge on any atom is -0.480 e. The number of aryl methyl sites for hydroxylation is 1. The van der Waals surface area contributed by atoms with Crippen LogP contribution in [0.5, 0.6) is 5.88 Å².